The SMILES string of the molecule is CCOc1ccc(C(C)NC(=O)c2ccc3c(=O)n(CCCOC)c(=S)[nH]c3c2)cc1. The minimum atomic E-state index is -0.230. The monoisotopic (exact) mass is 441 g/mol. The number of nitrogens with zero attached hydrogens (tertiary/aromatic N) is 1. The molecule has 0 fully saturated rings. The maximum absolute atomic E-state index is 12.8. The Labute approximate surface area is 186 Å². The molecule has 7 nitrogen and oxygen atoms in total. The van der Waals surface area contributed by atoms with Crippen LogP contribution in [0, 0.1) is 4.77 Å². The van der Waals surface area contributed by atoms with Crippen molar-refractivity contribution in [2.24, 2.45) is 0 Å². The summed E-state index contributed by atoms with van der Waals surface area (Å²) in [7, 11) is 1.62. The zero-order valence-corrected chi connectivity index (χ0v) is 18.8. The Morgan fingerprint density at radius 3 is 2.65 bits per heavy atom. The summed E-state index contributed by atoms with van der Waals surface area (Å²) in [6, 6.07) is 12.4. The number of amides is 1. The number of fused-ring (bicyclic) bond motifs is 1. The normalized spacial score (nSPS) is 12.0. The third kappa shape index (κ3) is 5.39. The van der Waals surface area contributed by atoms with Crippen molar-refractivity contribution in [1.29, 1.82) is 0 Å². The van der Waals surface area contributed by atoms with Gasteiger partial charge in [0, 0.05) is 25.8 Å². The van der Waals surface area contributed by atoms with Crippen molar-refractivity contribution in [2.75, 3.05) is 20.3 Å². The lowest BCUT2D eigenvalue weighted by atomic mass is 10.1. The van der Waals surface area contributed by atoms with Crippen molar-refractivity contribution in [3.05, 3.63) is 68.7 Å². The quantitative estimate of drug-likeness (QED) is 0.387. The molecule has 3 rings (SSSR count). The Morgan fingerprint density at radius 2 is 1.97 bits per heavy atom. The first-order valence-corrected chi connectivity index (χ1v) is 10.6. The molecule has 164 valence electrons. The zero-order chi connectivity index (χ0) is 22.4. The Bertz CT molecular complexity index is 1170. The second-order valence-electron chi connectivity index (χ2n) is 7.19. The van der Waals surface area contributed by atoms with E-state index in [0.717, 1.165) is 11.3 Å². The molecule has 1 unspecified atom stereocenters. The van der Waals surface area contributed by atoms with E-state index in [2.05, 4.69) is 10.3 Å². The van der Waals surface area contributed by atoms with Gasteiger partial charge in [0.25, 0.3) is 11.5 Å². The lowest BCUT2D eigenvalue weighted by molar-refractivity contribution is 0.0940. The van der Waals surface area contributed by atoms with Gasteiger partial charge in [0.05, 0.1) is 23.6 Å². The van der Waals surface area contributed by atoms with Gasteiger partial charge in [-0.15, -0.1) is 0 Å². The number of benzene rings is 2. The molecule has 0 spiro atoms. The number of aromatic nitrogens is 2. The van der Waals surface area contributed by atoms with Crippen LogP contribution in [-0.2, 0) is 11.3 Å². The van der Waals surface area contributed by atoms with E-state index >= 15 is 0 Å². The molecule has 0 aliphatic carbocycles. The molecule has 0 bridgehead atoms. The van der Waals surface area contributed by atoms with Crippen LogP contribution in [0.1, 0.15) is 42.2 Å². The van der Waals surface area contributed by atoms with Crippen molar-refractivity contribution < 1.29 is 14.3 Å². The Morgan fingerprint density at radius 1 is 1.23 bits per heavy atom. The van der Waals surface area contributed by atoms with Gasteiger partial charge in [0.15, 0.2) is 4.77 Å². The Balaban J connectivity index is 1.79. The molecule has 0 aliphatic heterocycles. The van der Waals surface area contributed by atoms with Gasteiger partial charge in [-0.2, -0.15) is 0 Å². The van der Waals surface area contributed by atoms with Gasteiger partial charge in [-0.1, -0.05) is 12.1 Å². The van der Waals surface area contributed by atoms with Gasteiger partial charge < -0.3 is 19.8 Å². The molecule has 0 radical (unpaired) electrons. The molecule has 8 heteroatoms. The minimum Gasteiger partial charge on any atom is -0.494 e. The maximum Gasteiger partial charge on any atom is 0.262 e. The molecule has 31 heavy (non-hydrogen) atoms. The van der Waals surface area contributed by atoms with E-state index in [1.165, 1.54) is 4.57 Å². The van der Waals surface area contributed by atoms with E-state index in [1.54, 1.807) is 25.3 Å². The van der Waals surface area contributed by atoms with Crippen molar-refractivity contribution in [1.82, 2.24) is 14.9 Å². The zero-order valence-electron chi connectivity index (χ0n) is 17.9. The lowest BCUT2D eigenvalue weighted by Crippen LogP contribution is -2.27. The molecule has 0 saturated carbocycles. The van der Waals surface area contributed by atoms with Crippen LogP contribution in [0.3, 0.4) is 0 Å². The number of carbonyl (C=O) groups excluding carboxylic acids is 1. The second-order valence-corrected chi connectivity index (χ2v) is 7.58. The van der Waals surface area contributed by atoms with Crippen LogP contribution in [0.15, 0.2) is 47.3 Å². The smallest absolute Gasteiger partial charge is 0.262 e. The average Bonchev–Trinajstić information content (AvgIpc) is 2.76. The highest BCUT2D eigenvalue weighted by Gasteiger charge is 2.14. The third-order valence-electron chi connectivity index (χ3n) is 5.01. The third-order valence-corrected chi connectivity index (χ3v) is 5.34. The van der Waals surface area contributed by atoms with Crippen LogP contribution < -0.4 is 15.6 Å². The molecule has 1 atom stereocenters. The first kappa shape index (κ1) is 22.7. The summed E-state index contributed by atoms with van der Waals surface area (Å²) in [6.45, 7) is 5.48. The molecule has 1 amide bonds. The van der Waals surface area contributed by atoms with Crippen LogP contribution in [0.2, 0.25) is 0 Å². The Kier molecular flexibility index (Phi) is 7.59. The topological polar surface area (TPSA) is 85.3 Å². The number of hydrogen-bond acceptors (Lipinski definition) is 5. The fraction of sp³-hybridized carbons (Fsp3) is 0.348. The predicted molar refractivity (Wildman–Crippen MR) is 123 cm³/mol. The predicted octanol–water partition coefficient (Wildman–Crippen LogP) is 3.99. The molecular weight excluding hydrogens is 414 g/mol. The molecule has 2 aromatic carbocycles. The van der Waals surface area contributed by atoms with Crippen molar-refractivity contribution >= 4 is 29.0 Å². The Hall–Kier alpha value is -2.97. The highest BCUT2D eigenvalue weighted by molar-refractivity contribution is 7.71. The van der Waals surface area contributed by atoms with Crippen LogP contribution in [0.4, 0.5) is 0 Å². The number of nitrogens with one attached hydrogen (secondary N) is 2. The number of aromatic amines is 1. The largest absolute Gasteiger partial charge is 0.494 e. The highest BCUT2D eigenvalue weighted by atomic mass is 32.1. The van der Waals surface area contributed by atoms with E-state index in [9.17, 15) is 9.59 Å². The second kappa shape index (κ2) is 10.4. The number of H-pyrrole nitrogens is 1. The van der Waals surface area contributed by atoms with Gasteiger partial charge in [0.1, 0.15) is 5.75 Å². The first-order valence-electron chi connectivity index (χ1n) is 10.2. The van der Waals surface area contributed by atoms with E-state index in [0.29, 0.717) is 47.4 Å². The molecular formula is C23H27N3O4S. The fourth-order valence-corrected chi connectivity index (χ4v) is 3.63. The van der Waals surface area contributed by atoms with Gasteiger partial charge >= 0.3 is 0 Å². The van der Waals surface area contributed by atoms with E-state index < -0.39 is 0 Å². The van der Waals surface area contributed by atoms with Gasteiger partial charge in [0.2, 0.25) is 0 Å². The molecule has 0 saturated heterocycles. The summed E-state index contributed by atoms with van der Waals surface area (Å²) in [5, 5.41) is 3.47. The number of carbonyl (C=O) groups is 1. The first-order chi connectivity index (χ1) is 14.9. The average molecular weight is 442 g/mol. The van der Waals surface area contributed by atoms with E-state index in [4.69, 9.17) is 21.7 Å². The molecule has 1 heterocycles. The fourth-order valence-electron chi connectivity index (χ4n) is 3.35. The standard InChI is InChI=1S/C23H27N3O4S/c1-4-30-18-9-6-16(7-10-18)15(2)24-21(27)17-8-11-19-20(14-17)25-23(31)26(22(19)28)12-5-13-29-3/h6-11,14-15H,4-5,12-13H2,1-3H3,(H,24,27)(H,25,31). The minimum absolute atomic E-state index is 0.176. The van der Waals surface area contributed by atoms with Crippen LogP contribution in [0.25, 0.3) is 10.9 Å². The molecule has 2 N–H and O–H groups in total. The summed E-state index contributed by atoms with van der Waals surface area (Å²) < 4.78 is 12.3. The van der Waals surface area contributed by atoms with Gasteiger partial charge in [-0.3, -0.25) is 14.2 Å². The molecule has 3 aromatic rings. The number of ether oxygens (including phenoxy) is 2. The van der Waals surface area contributed by atoms with Crippen molar-refractivity contribution in [3.63, 3.8) is 0 Å². The van der Waals surface area contributed by atoms with Gasteiger partial charge in [-0.05, 0) is 68.4 Å². The summed E-state index contributed by atoms with van der Waals surface area (Å²) in [5.74, 6) is 0.564. The van der Waals surface area contributed by atoms with Crippen LogP contribution in [-0.4, -0.2) is 35.8 Å². The molecule has 1 aromatic heterocycles. The van der Waals surface area contributed by atoms with Crippen molar-refractivity contribution in [2.45, 2.75) is 32.9 Å². The molecule has 0 aliphatic rings. The summed E-state index contributed by atoms with van der Waals surface area (Å²) in [4.78, 5) is 28.6. The highest BCUT2D eigenvalue weighted by Crippen LogP contribution is 2.19. The number of rotatable bonds is 9. The summed E-state index contributed by atoms with van der Waals surface area (Å²) in [5.41, 5.74) is 1.78. The lowest BCUT2D eigenvalue weighted by Gasteiger charge is -2.15. The summed E-state index contributed by atoms with van der Waals surface area (Å²) in [6.07, 6.45) is 0.684. The number of hydrogen-bond donors (Lipinski definition) is 2. The van der Waals surface area contributed by atoms with E-state index in [-0.39, 0.29) is 17.5 Å². The van der Waals surface area contributed by atoms with E-state index in [1.807, 2.05) is 38.1 Å². The number of methoxy groups -OCH3 is 1. The van der Waals surface area contributed by atoms with Gasteiger partial charge in [-0.25, -0.2) is 0 Å². The van der Waals surface area contributed by atoms with Crippen LogP contribution in [0.5, 0.6) is 5.75 Å². The summed E-state index contributed by atoms with van der Waals surface area (Å²) >= 11 is 5.34. The van der Waals surface area contributed by atoms with Crippen molar-refractivity contribution in [3.8, 4) is 5.75 Å². The van der Waals surface area contributed by atoms with Crippen LogP contribution >= 0.6 is 12.2 Å². The maximum atomic E-state index is 12.8.